The second kappa shape index (κ2) is 49.8. The number of rotatable bonds is 51. The van der Waals surface area contributed by atoms with Crippen LogP contribution in [0.4, 0.5) is 0 Å². The van der Waals surface area contributed by atoms with Crippen molar-refractivity contribution in [2.45, 2.75) is 323 Å². The molecule has 0 aliphatic rings. The maximum Gasteiger partial charge on any atom is 0.306 e. The number of carbonyl (C=O) groups excluding carboxylic acids is 3. The van der Waals surface area contributed by atoms with E-state index in [9.17, 15) is 14.4 Å². The molecule has 0 saturated heterocycles. The van der Waals surface area contributed by atoms with Crippen molar-refractivity contribution in [3.8, 4) is 0 Å². The summed E-state index contributed by atoms with van der Waals surface area (Å²) in [5, 5.41) is 0. The third kappa shape index (κ3) is 51.3. The second-order valence-corrected chi connectivity index (χ2v) is 20.5. The largest absolute Gasteiger partial charge is 0.462 e. The molecule has 63 heavy (non-hydrogen) atoms. The molecule has 0 aromatic heterocycles. The van der Waals surface area contributed by atoms with Crippen molar-refractivity contribution in [3.05, 3.63) is 0 Å². The van der Waals surface area contributed by atoms with E-state index in [2.05, 4.69) is 34.6 Å². The molecule has 0 fully saturated rings. The van der Waals surface area contributed by atoms with E-state index in [0.29, 0.717) is 19.3 Å². The number of hydrogen-bond acceptors (Lipinski definition) is 6. The summed E-state index contributed by atoms with van der Waals surface area (Å²) in [7, 11) is 0. The van der Waals surface area contributed by atoms with E-state index in [0.717, 1.165) is 69.6 Å². The average molecular weight is 892 g/mol. The minimum absolute atomic E-state index is 0.0633. The summed E-state index contributed by atoms with van der Waals surface area (Å²) < 4.78 is 16.8. The number of unbranched alkanes of at least 4 members (excludes halogenated alkanes) is 36. The Labute approximate surface area is 393 Å². The van der Waals surface area contributed by atoms with Gasteiger partial charge in [-0.25, -0.2) is 0 Å². The number of ether oxygens (including phenoxy) is 3. The Kier molecular flexibility index (Phi) is 48.6. The number of carbonyl (C=O) groups is 3. The van der Waals surface area contributed by atoms with E-state index >= 15 is 0 Å². The molecule has 0 amide bonds. The molecule has 0 rings (SSSR count). The highest BCUT2D eigenvalue weighted by Gasteiger charge is 2.19. The quantitative estimate of drug-likeness (QED) is 0.0344. The molecular weight excluding hydrogens is 781 g/mol. The van der Waals surface area contributed by atoms with Gasteiger partial charge < -0.3 is 14.2 Å². The Morgan fingerprint density at radius 1 is 0.302 bits per heavy atom. The molecule has 374 valence electrons. The van der Waals surface area contributed by atoms with Gasteiger partial charge >= 0.3 is 17.9 Å². The Hall–Kier alpha value is -1.59. The number of esters is 3. The highest BCUT2D eigenvalue weighted by atomic mass is 16.6. The number of hydrogen-bond donors (Lipinski definition) is 0. The first kappa shape index (κ1) is 61.4. The van der Waals surface area contributed by atoms with Gasteiger partial charge in [-0.05, 0) is 31.1 Å². The minimum Gasteiger partial charge on any atom is -0.462 e. The normalized spacial score (nSPS) is 12.0. The van der Waals surface area contributed by atoms with Crippen molar-refractivity contribution < 1.29 is 28.6 Å². The van der Waals surface area contributed by atoms with Crippen LogP contribution in [-0.4, -0.2) is 37.2 Å². The molecule has 0 aromatic carbocycles. The molecule has 0 aliphatic heterocycles. The van der Waals surface area contributed by atoms with Gasteiger partial charge in [0.2, 0.25) is 0 Å². The fourth-order valence-electron chi connectivity index (χ4n) is 8.70. The summed E-state index contributed by atoms with van der Waals surface area (Å²) in [6.45, 7) is 11.4. The summed E-state index contributed by atoms with van der Waals surface area (Å²) in [4.78, 5) is 38.0. The van der Waals surface area contributed by atoms with Crippen LogP contribution in [0.5, 0.6) is 0 Å². The molecule has 0 bridgehead atoms. The zero-order valence-corrected chi connectivity index (χ0v) is 43.2. The van der Waals surface area contributed by atoms with Crippen molar-refractivity contribution >= 4 is 17.9 Å². The fourth-order valence-corrected chi connectivity index (χ4v) is 8.70. The first-order valence-corrected chi connectivity index (χ1v) is 28.2. The van der Waals surface area contributed by atoms with Gasteiger partial charge in [0.15, 0.2) is 6.10 Å². The van der Waals surface area contributed by atoms with Gasteiger partial charge in [-0.1, -0.05) is 279 Å². The Morgan fingerprint density at radius 3 is 0.778 bits per heavy atom. The molecule has 0 saturated carbocycles. The molecule has 6 nitrogen and oxygen atoms in total. The van der Waals surface area contributed by atoms with Crippen molar-refractivity contribution in [1.29, 1.82) is 0 Å². The van der Waals surface area contributed by atoms with Gasteiger partial charge in [0, 0.05) is 19.3 Å². The van der Waals surface area contributed by atoms with E-state index in [1.165, 1.54) is 205 Å². The Bertz CT molecular complexity index is 962. The first-order valence-electron chi connectivity index (χ1n) is 28.2. The summed E-state index contributed by atoms with van der Waals surface area (Å²) in [5.41, 5.74) is 0. The van der Waals surface area contributed by atoms with Crippen LogP contribution in [0.15, 0.2) is 0 Å². The summed E-state index contributed by atoms with van der Waals surface area (Å²) in [6, 6.07) is 0. The van der Waals surface area contributed by atoms with Gasteiger partial charge in [-0.15, -0.1) is 0 Å². The molecule has 0 heterocycles. The van der Waals surface area contributed by atoms with Crippen molar-refractivity contribution in [3.63, 3.8) is 0 Å². The molecular formula is C57H110O6. The van der Waals surface area contributed by atoms with Crippen LogP contribution in [0.25, 0.3) is 0 Å². The predicted octanol–water partition coefficient (Wildman–Crippen LogP) is 18.5. The lowest BCUT2D eigenvalue weighted by atomic mass is 10.0. The van der Waals surface area contributed by atoms with E-state index in [-0.39, 0.29) is 31.1 Å². The van der Waals surface area contributed by atoms with Gasteiger partial charge in [-0.3, -0.25) is 14.4 Å². The smallest absolute Gasteiger partial charge is 0.306 e. The van der Waals surface area contributed by atoms with E-state index in [1.807, 2.05) is 0 Å². The summed E-state index contributed by atoms with van der Waals surface area (Å²) in [6.07, 6.45) is 52.4. The highest BCUT2D eigenvalue weighted by molar-refractivity contribution is 5.71. The third-order valence-electron chi connectivity index (χ3n) is 13.0. The van der Waals surface area contributed by atoms with Crippen LogP contribution >= 0.6 is 0 Å². The lowest BCUT2D eigenvalue weighted by Gasteiger charge is -2.18. The SMILES string of the molecule is CCCCCCCCCCCCCCCC(=O)OC[C@@H](COC(=O)CCCCCCCCCCC(C)C)OC(=O)CCCCCCCCCCCCCCCCCCCCC(C)C. The molecule has 0 spiro atoms. The van der Waals surface area contributed by atoms with E-state index in [4.69, 9.17) is 14.2 Å². The van der Waals surface area contributed by atoms with Crippen LogP contribution in [0.1, 0.15) is 317 Å². The van der Waals surface area contributed by atoms with Crippen LogP contribution in [-0.2, 0) is 28.6 Å². The highest BCUT2D eigenvalue weighted by Crippen LogP contribution is 2.18. The van der Waals surface area contributed by atoms with Crippen LogP contribution in [0, 0.1) is 11.8 Å². The standard InChI is InChI=1S/C57H110O6/c1-6-7-8-9-10-11-12-19-23-26-32-37-42-47-55(58)61-50-54(51-62-56(59)48-43-38-33-29-28-31-36-41-46-53(4)5)63-57(60)49-44-39-34-27-24-21-18-16-14-13-15-17-20-22-25-30-35-40-45-52(2)3/h52-54H,6-51H2,1-5H3/t54-/m0/s1. The van der Waals surface area contributed by atoms with Gasteiger partial charge in [0.05, 0.1) is 0 Å². The molecule has 1 atom stereocenters. The average Bonchev–Trinajstić information content (AvgIpc) is 3.25. The van der Waals surface area contributed by atoms with Crippen LogP contribution in [0.3, 0.4) is 0 Å². The maximum absolute atomic E-state index is 12.8. The minimum atomic E-state index is -0.762. The zero-order chi connectivity index (χ0) is 46.1. The molecule has 0 N–H and O–H groups in total. The monoisotopic (exact) mass is 891 g/mol. The molecule has 6 heteroatoms. The summed E-state index contributed by atoms with van der Waals surface area (Å²) in [5.74, 6) is 0.811. The van der Waals surface area contributed by atoms with Crippen LogP contribution < -0.4 is 0 Å². The van der Waals surface area contributed by atoms with E-state index in [1.54, 1.807) is 0 Å². The van der Waals surface area contributed by atoms with Gasteiger partial charge in [-0.2, -0.15) is 0 Å². The molecule has 0 unspecified atom stereocenters. The van der Waals surface area contributed by atoms with Gasteiger partial charge in [0.1, 0.15) is 13.2 Å². The molecule has 0 radical (unpaired) electrons. The van der Waals surface area contributed by atoms with Gasteiger partial charge in [0.25, 0.3) is 0 Å². The van der Waals surface area contributed by atoms with E-state index < -0.39 is 6.10 Å². The van der Waals surface area contributed by atoms with Crippen molar-refractivity contribution in [2.24, 2.45) is 11.8 Å². The predicted molar refractivity (Wildman–Crippen MR) is 270 cm³/mol. The van der Waals surface area contributed by atoms with Crippen molar-refractivity contribution in [2.75, 3.05) is 13.2 Å². The topological polar surface area (TPSA) is 78.9 Å². The zero-order valence-electron chi connectivity index (χ0n) is 43.2. The fraction of sp³-hybridized carbons (Fsp3) is 0.947. The molecule has 0 aliphatic carbocycles. The maximum atomic E-state index is 12.8. The lowest BCUT2D eigenvalue weighted by molar-refractivity contribution is -0.167. The second-order valence-electron chi connectivity index (χ2n) is 20.5. The Morgan fingerprint density at radius 2 is 0.524 bits per heavy atom. The first-order chi connectivity index (χ1) is 30.7. The van der Waals surface area contributed by atoms with Crippen molar-refractivity contribution in [1.82, 2.24) is 0 Å². The van der Waals surface area contributed by atoms with Crippen LogP contribution in [0.2, 0.25) is 0 Å². The Balaban J connectivity index is 4.23. The summed E-state index contributed by atoms with van der Waals surface area (Å²) >= 11 is 0. The lowest BCUT2D eigenvalue weighted by Crippen LogP contribution is -2.30. The molecule has 0 aromatic rings. The third-order valence-corrected chi connectivity index (χ3v) is 13.0.